The van der Waals surface area contributed by atoms with Crippen LogP contribution in [-0.2, 0) is 9.59 Å². The fraction of sp³-hybridized carbons (Fsp3) is 0.111. The number of carbonyl (C=O) groups excluding carboxylic acids is 2. The van der Waals surface area contributed by atoms with Gasteiger partial charge in [-0.15, -0.1) is 0 Å². The van der Waals surface area contributed by atoms with E-state index in [4.69, 9.17) is 0 Å². The average molecular weight is 320 g/mol. The molecule has 0 atom stereocenters. The van der Waals surface area contributed by atoms with Crippen LogP contribution in [0.4, 0.5) is 0 Å². The molecule has 2 aromatic carbocycles. The van der Waals surface area contributed by atoms with E-state index >= 15 is 0 Å². The van der Waals surface area contributed by atoms with E-state index in [-0.39, 0.29) is 0 Å². The molecule has 24 heavy (non-hydrogen) atoms. The maximum atomic E-state index is 12.1. The highest BCUT2D eigenvalue weighted by atomic mass is 16.2. The molecule has 2 amide bonds. The van der Waals surface area contributed by atoms with E-state index in [1.54, 1.807) is 12.4 Å². The van der Waals surface area contributed by atoms with Gasteiger partial charge in [0, 0.05) is 0 Å². The topological polar surface area (TPSA) is 65.3 Å². The monoisotopic (exact) mass is 320 g/mol. The molecule has 0 unspecified atom stereocenters. The normalized spacial score (nSPS) is 15.7. The smallest absolute Gasteiger partial charge is 0.261 e. The molecule has 6 nitrogen and oxygen atoms in total. The Morgan fingerprint density at radius 1 is 0.667 bits per heavy atom. The number of piperazine rings is 1. The molecule has 1 heterocycles. The Bertz CT molecular complexity index is 705. The molecule has 1 aliphatic heterocycles. The zero-order chi connectivity index (χ0) is 16.8. The van der Waals surface area contributed by atoms with Crippen LogP contribution in [0, 0.1) is 0 Å². The molecule has 2 aromatic rings. The lowest BCUT2D eigenvalue weighted by molar-refractivity contribution is -0.155. The van der Waals surface area contributed by atoms with Crippen LogP contribution in [0.15, 0.2) is 70.9 Å². The van der Waals surface area contributed by atoms with Crippen LogP contribution in [-0.4, -0.2) is 47.4 Å². The Balaban J connectivity index is 1.64. The summed E-state index contributed by atoms with van der Waals surface area (Å²) in [5.74, 6) is -1.36. The summed E-state index contributed by atoms with van der Waals surface area (Å²) in [5, 5.41) is 10.5. The summed E-state index contributed by atoms with van der Waals surface area (Å²) in [4.78, 5) is 24.2. The molecule has 0 radical (unpaired) electrons. The average Bonchev–Trinajstić information content (AvgIpc) is 2.64. The summed E-state index contributed by atoms with van der Waals surface area (Å²) in [5.41, 5.74) is 1.73. The van der Waals surface area contributed by atoms with Gasteiger partial charge < -0.3 is 0 Å². The first kappa shape index (κ1) is 15.6. The van der Waals surface area contributed by atoms with E-state index in [0.29, 0.717) is 13.1 Å². The van der Waals surface area contributed by atoms with Crippen molar-refractivity contribution in [2.24, 2.45) is 10.2 Å². The van der Waals surface area contributed by atoms with Crippen LogP contribution in [0.3, 0.4) is 0 Å². The predicted molar refractivity (Wildman–Crippen MR) is 91.5 cm³/mol. The second-order valence-electron chi connectivity index (χ2n) is 5.17. The number of amides is 2. The van der Waals surface area contributed by atoms with Gasteiger partial charge in [0.15, 0.2) is 0 Å². The summed E-state index contributed by atoms with van der Waals surface area (Å²) in [6.07, 6.45) is 3.13. The highest BCUT2D eigenvalue weighted by molar-refractivity contribution is 6.35. The SMILES string of the molecule is O=C1C(=O)N(/N=C/c2ccccc2)CCN1/N=C/c1ccccc1. The van der Waals surface area contributed by atoms with Crippen molar-refractivity contribution >= 4 is 24.2 Å². The van der Waals surface area contributed by atoms with Crippen molar-refractivity contribution in [2.75, 3.05) is 13.1 Å². The maximum Gasteiger partial charge on any atom is 0.334 e. The second kappa shape index (κ2) is 7.32. The van der Waals surface area contributed by atoms with Gasteiger partial charge in [-0.05, 0) is 11.1 Å². The summed E-state index contributed by atoms with van der Waals surface area (Å²) in [7, 11) is 0. The Kier molecular flexibility index (Phi) is 4.76. The zero-order valence-electron chi connectivity index (χ0n) is 12.9. The molecule has 0 N–H and O–H groups in total. The number of benzene rings is 2. The molecule has 1 aliphatic rings. The van der Waals surface area contributed by atoms with E-state index in [0.717, 1.165) is 11.1 Å². The standard InChI is InChI=1S/C18H16N4O2/c23-17-18(24)22(20-14-16-9-5-2-6-10-16)12-11-21(17)19-13-15-7-3-1-4-8-15/h1-10,13-14H,11-12H2/b19-13+,20-14+. The van der Waals surface area contributed by atoms with Gasteiger partial charge in [0.25, 0.3) is 0 Å². The third-order valence-corrected chi connectivity index (χ3v) is 3.47. The van der Waals surface area contributed by atoms with Gasteiger partial charge in [-0.2, -0.15) is 10.2 Å². The Morgan fingerprint density at radius 2 is 1.04 bits per heavy atom. The molecule has 1 saturated heterocycles. The molecule has 0 spiro atoms. The van der Waals surface area contributed by atoms with Crippen molar-refractivity contribution < 1.29 is 9.59 Å². The number of rotatable bonds is 4. The third kappa shape index (κ3) is 3.73. The lowest BCUT2D eigenvalue weighted by Crippen LogP contribution is -2.50. The number of carbonyl (C=O) groups is 2. The van der Waals surface area contributed by atoms with Crippen molar-refractivity contribution in [3.05, 3.63) is 71.8 Å². The van der Waals surface area contributed by atoms with Gasteiger partial charge >= 0.3 is 11.8 Å². The van der Waals surface area contributed by atoms with Gasteiger partial charge in [0.2, 0.25) is 0 Å². The highest BCUT2D eigenvalue weighted by Gasteiger charge is 2.32. The lowest BCUT2D eigenvalue weighted by Gasteiger charge is -2.27. The van der Waals surface area contributed by atoms with Crippen LogP contribution in [0.25, 0.3) is 0 Å². The summed E-state index contributed by atoms with van der Waals surface area (Å²) < 4.78 is 0. The largest absolute Gasteiger partial charge is 0.334 e. The maximum absolute atomic E-state index is 12.1. The summed E-state index contributed by atoms with van der Waals surface area (Å²) in [6.45, 7) is 0.611. The fourth-order valence-corrected chi connectivity index (χ4v) is 2.18. The third-order valence-electron chi connectivity index (χ3n) is 3.47. The second-order valence-corrected chi connectivity index (χ2v) is 5.17. The van der Waals surface area contributed by atoms with Gasteiger partial charge in [0.1, 0.15) is 0 Å². The van der Waals surface area contributed by atoms with Crippen molar-refractivity contribution in [2.45, 2.75) is 0 Å². The minimum Gasteiger partial charge on any atom is -0.261 e. The van der Waals surface area contributed by atoms with Crippen molar-refractivity contribution in [3.8, 4) is 0 Å². The summed E-state index contributed by atoms with van der Waals surface area (Å²) in [6, 6.07) is 18.8. The van der Waals surface area contributed by atoms with Gasteiger partial charge in [-0.1, -0.05) is 60.7 Å². The van der Waals surface area contributed by atoms with E-state index in [9.17, 15) is 9.59 Å². The molecule has 0 saturated carbocycles. The van der Waals surface area contributed by atoms with Crippen LogP contribution < -0.4 is 0 Å². The van der Waals surface area contributed by atoms with E-state index in [1.165, 1.54) is 10.0 Å². The number of nitrogens with zero attached hydrogens (tertiary/aromatic N) is 4. The summed E-state index contributed by atoms with van der Waals surface area (Å²) >= 11 is 0. The van der Waals surface area contributed by atoms with Gasteiger partial charge in [0.05, 0.1) is 25.5 Å². The van der Waals surface area contributed by atoms with Crippen molar-refractivity contribution in [3.63, 3.8) is 0 Å². The van der Waals surface area contributed by atoms with E-state index in [1.807, 2.05) is 60.7 Å². The predicted octanol–water partition coefficient (Wildman–Crippen LogP) is 1.73. The van der Waals surface area contributed by atoms with Crippen LogP contribution in [0.2, 0.25) is 0 Å². The molecule has 120 valence electrons. The Morgan fingerprint density at radius 3 is 1.42 bits per heavy atom. The first-order valence-electron chi connectivity index (χ1n) is 7.55. The van der Waals surface area contributed by atoms with Crippen LogP contribution in [0.5, 0.6) is 0 Å². The minimum atomic E-state index is -0.682. The molecular weight excluding hydrogens is 304 g/mol. The molecule has 1 fully saturated rings. The first-order valence-corrected chi connectivity index (χ1v) is 7.55. The van der Waals surface area contributed by atoms with Crippen LogP contribution >= 0.6 is 0 Å². The molecular formula is C18H16N4O2. The van der Waals surface area contributed by atoms with E-state index < -0.39 is 11.8 Å². The van der Waals surface area contributed by atoms with Crippen LogP contribution in [0.1, 0.15) is 11.1 Å². The van der Waals surface area contributed by atoms with Gasteiger partial charge in [-0.3, -0.25) is 9.59 Å². The molecule has 0 aromatic heterocycles. The molecule has 6 heteroatoms. The zero-order valence-corrected chi connectivity index (χ0v) is 12.9. The van der Waals surface area contributed by atoms with Crippen molar-refractivity contribution in [1.29, 1.82) is 0 Å². The fourth-order valence-electron chi connectivity index (χ4n) is 2.18. The minimum absolute atomic E-state index is 0.306. The number of hydrazone groups is 2. The molecule has 0 bridgehead atoms. The van der Waals surface area contributed by atoms with Crippen molar-refractivity contribution in [1.82, 2.24) is 10.0 Å². The van der Waals surface area contributed by atoms with E-state index in [2.05, 4.69) is 10.2 Å². The Hall–Kier alpha value is -3.28. The molecule has 3 rings (SSSR count). The van der Waals surface area contributed by atoms with Gasteiger partial charge in [-0.25, -0.2) is 10.0 Å². The Labute approximate surface area is 139 Å². The first-order chi connectivity index (χ1) is 11.7. The number of hydrogen-bond acceptors (Lipinski definition) is 4. The lowest BCUT2D eigenvalue weighted by atomic mass is 10.2. The quantitative estimate of drug-likeness (QED) is 0.636. The number of hydrogen-bond donors (Lipinski definition) is 0. The molecule has 0 aliphatic carbocycles. The highest BCUT2D eigenvalue weighted by Crippen LogP contribution is 2.07.